The Morgan fingerprint density at radius 3 is 2.65 bits per heavy atom. The van der Waals surface area contributed by atoms with E-state index in [0.29, 0.717) is 27.1 Å². The number of carbonyl (C=O) groups excluding carboxylic acids is 2. The van der Waals surface area contributed by atoms with Crippen LogP contribution in [0, 0.1) is 11.3 Å². The van der Waals surface area contributed by atoms with E-state index in [2.05, 4.69) is 21.2 Å². The normalized spacial score (nSPS) is 16.9. The van der Waals surface area contributed by atoms with Crippen LogP contribution < -0.4 is 10.2 Å². The maximum atomic E-state index is 13.5. The van der Waals surface area contributed by atoms with Crippen molar-refractivity contribution in [3.8, 4) is 6.07 Å². The molecule has 0 radical (unpaired) electrons. The van der Waals surface area contributed by atoms with Crippen LogP contribution >= 0.6 is 50.9 Å². The highest BCUT2D eigenvalue weighted by Gasteiger charge is 2.41. The summed E-state index contributed by atoms with van der Waals surface area (Å²) >= 11 is 17.0. The van der Waals surface area contributed by atoms with Crippen LogP contribution in [-0.4, -0.2) is 17.1 Å². The first-order valence-corrected chi connectivity index (χ1v) is 12.5. The van der Waals surface area contributed by atoms with Gasteiger partial charge in [-0.1, -0.05) is 50.9 Å². The fraction of sp³-hybridized carbons (Fsp3) is 0.125. The number of halogens is 3. The molecule has 0 aliphatic carbocycles. The molecule has 6 nitrogen and oxygen atoms in total. The molecule has 1 atom stereocenters. The molecule has 3 aromatic rings. The minimum Gasteiger partial charge on any atom is -0.467 e. The third-order valence-corrected chi connectivity index (χ3v) is 7.40. The van der Waals surface area contributed by atoms with Crippen LogP contribution in [0.25, 0.3) is 0 Å². The molecule has 1 N–H and O–H groups in total. The lowest BCUT2D eigenvalue weighted by Crippen LogP contribution is -2.32. The Morgan fingerprint density at radius 1 is 1.21 bits per heavy atom. The zero-order valence-electron chi connectivity index (χ0n) is 17.4. The summed E-state index contributed by atoms with van der Waals surface area (Å²) in [6.07, 6.45) is 1.78. The summed E-state index contributed by atoms with van der Waals surface area (Å²) in [5.74, 6) is -0.313. The molecule has 1 aromatic heterocycles. The van der Waals surface area contributed by atoms with Crippen molar-refractivity contribution in [2.75, 3.05) is 4.90 Å². The van der Waals surface area contributed by atoms with Gasteiger partial charge in [-0.3, -0.25) is 14.5 Å². The molecule has 172 valence electrons. The van der Waals surface area contributed by atoms with Crippen LogP contribution in [0.4, 0.5) is 5.69 Å². The maximum Gasteiger partial charge on any atom is 0.265 e. The van der Waals surface area contributed by atoms with Gasteiger partial charge in [-0.25, -0.2) is 0 Å². The number of anilines is 1. The molecule has 10 heteroatoms. The smallest absolute Gasteiger partial charge is 0.265 e. The van der Waals surface area contributed by atoms with Gasteiger partial charge in [0, 0.05) is 20.2 Å². The molecule has 0 bridgehead atoms. The predicted octanol–water partition coefficient (Wildman–Crippen LogP) is 6.09. The van der Waals surface area contributed by atoms with Gasteiger partial charge in [-0.2, -0.15) is 5.26 Å². The molecular weight excluding hydrogens is 561 g/mol. The summed E-state index contributed by atoms with van der Waals surface area (Å²) in [6, 6.07) is 17.5. The highest BCUT2D eigenvalue weighted by molar-refractivity contribution is 9.10. The summed E-state index contributed by atoms with van der Waals surface area (Å²) in [7, 11) is 0. The molecule has 34 heavy (non-hydrogen) atoms. The molecule has 2 amide bonds. The minimum atomic E-state index is -0.601. The first-order valence-electron chi connectivity index (χ1n) is 10.0. The van der Waals surface area contributed by atoms with E-state index in [9.17, 15) is 14.9 Å². The van der Waals surface area contributed by atoms with Gasteiger partial charge in [0.2, 0.25) is 5.91 Å². The zero-order valence-corrected chi connectivity index (χ0v) is 21.3. The fourth-order valence-electron chi connectivity index (χ4n) is 3.38. The molecule has 1 aliphatic rings. The highest BCUT2D eigenvalue weighted by atomic mass is 79.9. The van der Waals surface area contributed by atoms with E-state index in [1.807, 2.05) is 6.07 Å². The largest absolute Gasteiger partial charge is 0.467 e. The van der Waals surface area contributed by atoms with Gasteiger partial charge < -0.3 is 9.73 Å². The number of hydrogen-bond acceptors (Lipinski definition) is 5. The van der Waals surface area contributed by atoms with Gasteiger partial charge in [-0.05, 0) is 66.6 Å². The lowest BCUT2D eigenvalue weighted by Gasteiger charge is -2.19. The van der Waals surface area contributed by atoms with Gasteiger partial charge in [0.1, 0.15) is 22.4 Å². The van der Waals surface area contributed by atoms with Gasteiger partial charge in [0.05, 0.1) is 18.1 Å². The topological polar surface area (TPSA) is 86.3 Å². The van der Waals surface area contributed by atoms with Crippen LogP contribution in [0.2, 0.25) is 10.0 Å². The average Bonchev–Trinajstić information content (AvgIpc) is 3.45. The second-order valence-electron chi connectivity index (χ2n) is 7.25. The Balaban J connectivity index is 1.70. The molecule has 2 heterocycles. The maximum absolute atomic E-state index is 13.5. The first kappa shape index (κ1) is 24.4. The molecule has 2 aromatic carbocycles. The number of thioether (sulfide) groups is 1. The SMILES string of the molecule is N#CC(C(=O)NCc1ccco1)=C1SC(Cc2cc(Cl)ccc2Cl)C(=O)N1c1ccc(Br)cc1. The lowest BCUT2D eigenvalue weighted by atomic mass is 10.1. The summed E-state index contributed by atoms with van der Waals surface area (Å²) in [4.78, 5) is 27.9. The average molecular weight is 577 g/mol. The molecule has 1 saturated heterocycles. The number of rotatable bonds is 6. The third kappa shape index (κ3) is 5.34. The van der Waals surface area contributed by atoms with Crippen molar-refractivity contribution >= 4 is 68.4 Å². The number of benzene rings is 2. The van der Waals surface area contributed by atoms with E-state index < -0.39 is 11.2 Å². The minimum absolute atomic E-state index is 0.114. The number of amides is 2. The number of furan rings is 1. The lowest BCUT2D eigenvalue weighted by molar-refractivity contribution is -0.117. The van der Waals surface area contributed by atoms with E-state index in [4.69, 9.17) is 27.6 Å². The van der Waals surface area contributed by atoms with Crippen molar-refractivity contribution in [2.24, 2.45) is 0 Å². The summed E-state index contributed by atoms with van der Waals surface area (Å²) in [5.41, 5.74) is 1.09. The predicted molar refractivity (Wildman–Crippen MR) is 136 cm³/mol. The number of carbonyl (C=O) groups is 2. The number of hydrogen-bond donors (Lipinski definition) is 1. The Bertz CT molecular complexity index is 1300. The summed E-state index contributed by atoms with van der Waals surface area (Å²) in [5, 5.41) is 13.2. The molecule has 1 aliphatic heterocycles. The standard InChI is InChI=1S/C24H16BrCl2N3O3S/c25-15-3-6-17(7-4-15)30-23(32)21(11-14-10-16(26)5-8-20(14)27)34-24(30)19(12-28)22(31)29-13-18-2-1-9-33-18/h1-10,21H,11,13H2,(H,29,31). The Morgan fingerprint density at radius 2 is 1.97 bits per heavy atom. The quantitative estimate of drug-likeness (QED) is 0.283. The molecule has 1 unspecified atom stereocenters. The van der Waals surface area contributed by atoms with E-state index >= 15 is 0 Å². The number of nitriles is 1. The van der Waals surface area contributed by atoms with Gasteiger partial charge in [0.15, 0.2) is 0 Å². The third-order valence-electron chi connectivity index (χ3n) is 5.01. The van der Waals surface area contributed by atoms with E-state index in [-0.39, 0.29) is 29.5 Å². The summed E-state index contributed by atoms with van der Waals surface area (Å²) < 4.78 is 6.07. The van der Waals surface area contributed by atoms with Crippen molar-refractivity contribution in [3.63, 3.8) is 0 Å². The number of nitrogens with one attached hydrogen (secondary N) is 1. The second-order valence-corrected chi connectivity index (χ2v) is 10.2. The molecule has 0 saturated carbocycles. The van der Waals surface area contributed by atoms with Crippen molar-refractivity contribution in [3.05, 3.63) is 97.3 Å². The Hall–Kier alpha value is -2.70. The van der Waals surface area contributed by atoms with Crippen molar-refractivity contribution in [1.82, 2.24) is 5.32 Å². The molecule has 1 fully saturated rings. The van der Waals surface area contributed by atoms with Crippen LogP contribution in [-0.2, 0) is 22.6 Å². The molecular formula is C24H16BrCl2N3O3S. The van der Waals surface area contributed by atoms with Gasteiger partial charge in [-0.15, -0.1) is 0 Å². The Labute approximate surface area is 218 Å². The molecule has 4 rings (SSSR count). The Kier molecular flexibility index (Phi) is 7.69. The van der Waals surface area contributed by atoms with Crippen LogP contribution in [0.5, 0.6) is 0 Å². The highest BCUT2D eigenvalue weighted by Crippen LogP contribution is 2.42. The first-order chi connectivity index (χ1) is 16.4. The van der Waals surface area contributed by atoms with Gasteiger partial charge >= 0.3 is 0 Å². The fourth-order valence-corrected chi connectivity index (χ4v) is 5.33. The molecule has 0 spiro atoms. The summed E-state index contributed by atoms with van der Waals surface area (Å²) in [6.45, 7) is 0.114. The van der Waals surface area contributed by atoms with E-state index in [0.717, 1.165) is 16.2 Å². The van der Waals surface area contributed by atoms with Crippen LogP contribution in [0.1, 0.15) is 11.3 Å². The van der Waals surface area contributed by atoms with Crippen molar-refractivity contribution in [1.29, 1.82) is 5.26 Å². The van der Waals surface area contributed by atoms with Crippen molar-refractivity contribution < 1.29 is 14.0 Å². The second kappa shape index (κ2) is 10.7. The van der Waals surface area contributed by atoms with Crippen LogP contribution in [0.3, 0.4) is 0 Å². The van der Waals surface area contributed by atoms with E-state index in [1.165, 1.54) is 11.2 Å². The van der Waals surface area contributed by atoms with Gasteiger partial charge in [0.25, 0.3) is 5.91 Å². The monoisotopic (exact) mass is 575 g/mol. The van der Waals surface area contributed by atoms with E-state index in [1.54, 1.807) is 54.6 Å². The van der Waals surface area contributed by atoms with Crippen LogP contribution in [0.15, 0.2) is 80.4 Å². The number of nitrogens with zero attached hydrogens (tertiary/aromatic N) is 2. The van der Waals surface area contributed by atoms with Crippen molar-refractivity contribution in [2.45, 2.75) is 18.2 Å². The zero-order chi connectivity index (χ0) is 24.2.